The Morgan fingerprint density at radius 2 is 2.10 bits per heavy atom. The van der Waals surface area contributed by atoms with Crippen LogP contribution in [0.3, 0.4) is 0 Å². The summed E-state index contributed by atoms with van der Waals surface area (Å²) in [5.41, 5.74) is 1.51. The van der Waals surface area contributed by atoms with Gasteiger partial charge in [-0.25, -0.2) is 9.07 Å². The van der Waals surface area contributed by atoms with Crippen LogP contribution in [0.25, 0.3) is 5.69 Å². The van der Waals surface area contributed by atoms with Gasteiger partial charge in [0.05, 0.1) is 11.2 Å². The fourth-order valence-electron chi connectivity index (χ4n) is 2.08. The van der Waals surface area contributed by atoms with E-state index in [1.165, 1.54) is 10.7 Å². The van der Waals surface area contributed by atoms with Crippen molar-refractivity contribution in [3.63, 3.8) is 0 Å². The quantitative estimate of drug-likeness (QED) is 0.847. The number of benzene rings is 1. The number of nitrogens with one attached hydrogen (secondary N) is 1. The number of hydrogen-bond acceptors (Lipinski definition) is 2. The Labute approximate surface area is 130 Å². The van der Waals surface area contributed by atoms with E-state index in [-0.39, 0.29) is 11.4 Å². The Hall–Kier alpha value is -1.39. The summed E-state index contributed by atoms with van der Waals surface area (Å²) < 4.78 is 15.3. The molecule has 0 aliphatic heterocycles. The van der Waals surface area contributed by atoms with Gasteiger partial charge in [0.1, 0.15) is 11.5 Å². The molecule has 21 heavy (non-hydrogen) atoms. The van der Waals surface area contributed by atoms with Gasteiger partial charge in [-0.1, -0.05) is 17.7 Å². The number of rotatable bonds is 5. The lowest BCUT2D eigenvalue weighted by atomic mass is 10.1. The molecular weight excluding hydrogens is 289 g/mol. The summed E-state index contributed by atoms with van der Waals surface area (Å²) in [5, 5.41) is 8.01. The zero-order valence-electron chi connectivity index (χ0n) is 12.7. The Morgan fingerprint density at radius 1 is 1.33 bits per heavy atom. The minimum atomic E-state index is -0.369. The minimum absolute atomic E-state index is 0.130. The van der Waals surface area contributed by atoms with Crippen LogP contribution < -0.4 is 5.32 Å². The molecule has 1 aromatic carbocycles. The molecule has 0 unspecified atom stereocenters. The van der Waals surface area contributed by atoms with Gasteiger partial charge in [0.2, 0.25) is 0 Å². The fraction of sp³-hybridized carbons (Fsp3) is 0.438. The van der Waals surface area contributed by atoms with E-state index < -0.39 is 0 Å². The van der Waals surface area contributed by atoms with Crippen LogP contribution in [0.5, 0.6) is 0 Å². The van der Waals surface area contributed by atoms with Gasteiger partial charge in [0, 0.05) is 11.7 Å². The van der Waals surface area contributed by atoms with Crippen molar-refractivity contribution < 1.29 is 4.39 Å². The van der Waals surface area contributed by atoms with Crippen molar-refractivity contribution in [2.75, 3.05) is 6.54 Å². The van der Waals surface area contributed by atoms with Crippen molar-refractivity contribution in [1.82, 2.24) is 15.1 Å². The molecule has 0 aliphatic rings. The number of aromatic nitrogens is 2. The van der Waals surface area contributed by atoms with Crippen LogP contribution in [-0.2, 0) is 6.42 Å². The largest absolute Gasteiger partial charge is 0.312 e. The monoisotopic (exact) mass is 309 g/mol. The number of aryl methyl sites for hydroxylation is 1. The molecule has 0 aliphatic carbocycles. The molecular formula is C16H21ClFN3. The summed E-state index contributed by atoms with van der Waals surface area (Å²) in [4.78, 5) is 0. The topological polar surface area (TPSA) is 29.9 Å². The van der Waals surface area contributed by atoms with Crippen LogP contribution in [0, 0.1) is 5.82 Å². The summed E-state index contributed by atoms with van der Waals surface area (Å²) in [5.74, 6) is -0.369. The molecule has 0 fully saturated rings. The molecule has 1 aromatic heterocycles. The van der Waals surface area contributed by atoms with Crippen molar-refractivity contribution in [2.45, 2.75) is 39.2 Å². The summed E-state index contributed by atoms with van der Waals surface area (Å²) in [6.45, 7) is 7.37. The number of hydrogen-bond donors (Lipinski definition) is 1. The minimum Gasteiger partial charge on any atom is -0.312 e. The van der Waals surface area contributed by atoms with Crippen molar-refractivity contribution in [3.8, 4) is 5.69 Å². The van der Waals surface area contributed by atoms with E-state index in [4.69, 9.17) is 11.6 Å². The molecule has 1 N–H and O–H groups in total. The summed E-state index contributed by atoms with van der Waals surface area (Å²) in [6.07, 6.45) is 5.50. The molecule has 0 bridgehead atoms. The molecule has 2 rings (SSSR count). The first-order valence-electron chi connectivity index (χ1n) is 7.10. The van der Waals surface area contributed by atoms with E-state index in [1.54, 1.807) is 18.3 Å². The molecule has 0 saturated carbocycles. The summed E-state index contributed by atoms with van der Waals surface area (Å²) in [7, 11) is 0. The van der Waals surface area contributed by atoms with E-state index in [9.17, 15) is 4.39 Å². The predicted octanol–water partition coefficient (Wildman–Crippen LogP) is 3.99. The first kappa shape index (κ1) is 16.0. The third kappa shape index (κ3) is 4.55. The van der Waals surface area contributed by atoms with Gasteiger partial charge in [-0.3, -0.25) is 0 Å². The van der Waals surface area contributed by atoms with Crippen molar-refractivity contribution in [1.29, 1.82) is 0 Å². The Kier molecular flexibility index (Phi) is 5.01. The normalized spacial score (nSPS) is 11.9. The lowest BCUT2D eigenvalue weighted by Gasteiger charge is -2.20. The molecule has 114 valence electrons. The average Bonchev–Trinajstić information content (AvgIpc) is 2.82. The second-order valence-corrected chi connectivity index (χ2v) is 6.55. The van der Waals surface area contributed by atoms with Crippen LogP contribution in [0.4, 0.5) is 4.39 Å². The molecule has 0 radical (unpaired) electrons. The van der Waals surface area contributed by atoms with Gasteiger partial charge in [-0.15, -0.1) is 0 Å². The average molecular weight is 310 g/mol. The molecule has 0 spiro atoms. The standard InChI is InChI=1S/C16H21ClFN3/c1-16(2,3)19-9-5-6-12-10-20-21(11-12)15-13(17)7-4-8-14(15)18/h4,7-8,10-11,19H,5-6,9H2,1-3H3. The third-order valence-electron chi connectivity index (χ3n) is 3.10. The van der Waals surface area contributed by atoms with Crippen molar-refractivity contribution in [2.24, 2.45) is 0 Å². The smallest absolute Gasteiger partial charge is 0.150 e. The lowest BCUT2D eigenvalue weighted by molar-refractivity contribution is 0.422. The Balaban J connectivity index is 1.99. The van der Waals surface area contributed by atoms with Crippen LogP contribution >= 0.6 is 11.6 Å². The van der Waals surface area contributed by atoms with E-state index in [1.807, 2.05) is 6.20 Å². The SMILES string of the molecule is CC(C)(C)NCCCc1cnn(-c2c(F)cccc2Cl)c1. The maximum atomic E-state index is 13.8. The Bertz CT molecular complexity index is 582. The maximum Gasteiger partial charge on any atom is 0.150 e. The second kappa shape index (κ2) is 6.58. The highest BCUT2D eigenvalue weighted by molar-refractivity contribution is 6.32. The molecule has 0 amide bonds. The van der Waals surface area contributed by atoms with Gasteiger partial charge in [-0.2, -0.15) is 5.10 Å². The molecule has 5 heteroatoms. The first-order chi connectivity index (χ1) is 9.87. The highest BCUT2D eigenvalue weighted by Gasteiger charge is 2.11. The Morgan fingerprint density at radius 3 is 2.76 bits per heavy atom. The molecule has 2 aromatic rings. The third-order valence-corrected chi connectivity index (χ3v) is 3.41. The van der Waals surface area contributed by atoms with Gasteiger partial charge >= 0.3 is 0 Å². The van der Waals surface area contributed by atoms with Crippen molar-refractivity contribution >= 4 is 11.6 Å². The highest BCUT2D eigenvalue weighted by atomic mass is 35.5. The lowest BCUT2D eigenvalue weighted by Crippen LogP contribution is -2.36. The van der Waals surface area contributed by atoms with E-state index in [0.29, 0.717) is 10.7 Å². The number of para-hydroxylation sites is 1. The molecule has 3 nitrogen and oxygen atoms in total. The highest BCUT2D eigenvalue weighted by Crippen LogP contribution is 2.23. The summed E-state index contributed by atoms with van der Waals surface area (Å²) >= 11 is 6.04. The van der Waals surface area contributed by atoms with E-state index in [0.717, 1.165) is 24.9 Å². The van der Waals surface area contributed by atoms with E-state index >= 15 is 0 Å². The van der Waals surface area contributed by atoms with Gasteiger partial charge in [0.25, 0.3) is 0 Å². The number of halogens is 2. The van der Waals surface area contributed by atoms with Crippen molar-refractivity contribution in [3.05, 3.63) is 47.0 Å². The maximum absolute atomic E-state index is 13.8. The van der Waals surface area contributed by atoms with Crippen LogP contribution in [-0.4, -0.2) is 21.9 Å². The van der Waals surface area contributed by atoms with Crippen LogP contribution in [0.15, 0.2) is 30.6 Å². The molecule has 0 saturated heterocycles. The number of nitrogens with zero attached hydrogens (tertiary/aromatic N) is 2. The molecule has 0 atom stereocenters. The van der Waals surface area contributed by atoms with Gasteiger partial charge in [0.15, 0.2) is 0 Å². The van der Waals surface area contributed by atoms with E-state index in [2.05, 4.69) is 31.2 Å². The van der Waals surface area contributed by atoms with Gasteiger partial charge in [-0.05, 0) is 57.9 Å². The second-order valence-electron chi connectivity index (χ2n) is 6.14. The molecule has 1 heterocycles. The van der Waals surface area contributed by atoms with Crippen LogP contribution in [0.2, 0.25) is 5.02 Å². The zero-order chi connectivity index (χ0) is 15.5. The first-order valence-corrected chi connectivity index (χ1v) is 7.47. The summed E-state index contributed by atoms with van der Waals surface area (Å²) in [6, 6.07) is 4.63. The predicted molar refractivity (Wildman–Crippen MR) is 84.6 cm³/mol. The van der Waals surface area contributed by atoms with Gasteiger partial charge < -0.3 is 5.32 Å². The fourth-order valence-corrected chi connectivity index (χ4v) is 2.32. The zero-order valence-corrected chi connectivity index (χ0v) is 13.4. The van der Waals surface area contributed by atoms with Crippen LogP contribution in [0.1, 0.15) is 32.8 Å².